The van der Waals surface area contributed by atoms with Crippen LogP contribution in [-0.2, 0) is 9.47 Å². The lowest BCUT2D eigenvalue weighted by atomic mass is 9.88. The number of rotatable bonds is 5. The van der Waals surface area contributed by atoms with Gasteiger partial charge in [0.2, 0.25) is 0 Å². The highest BCUT2D eigenvalue weighted by Gasteiger charge is 2.31. The molecule has 1 N–H and O–H groups in total. The molecule has 1 saturated carbocycles. The molecule has 2 fully saturated rings. The zero-order chi connectivity index (χ0) is 10.7. The Morgan fingerprint density at radius 2 is 2.20 bits per heavy atom. The highest BCUT2D eigenvalue weighted by molar-refractivity contribution is 4.87. The van der Waals surface area contributed by atoms with Gasteiger partial charge in [-0.05, 0) is 39.0 Å². The van der Waals surface area contributed by atoms with Crippen LogP contribution in [0.5, 0.6) is 0 Å². The predicted molar refractivity (Wildman–Crippen MR) is 60.0 cm³/mol. The maximum absolute atomic E-state index is 5.54. The molecular weight excluding hydrogens is 190 g/mol. The average molecular weight is 213 g/mol. The summed E-state index contributed by atoms with van der Waals surface area (Å²) in [6.07, 6.45) is 4.56. The van der Waals surface area contributed by atoms with Gasteiger partial charge in [-0.15, -0.1) is 0 Å². The van der Waals surface area contributed by atoms with Gasteiger partial charge in [-0.1, -0.05) is 0 Å². The molecule has 2 unspecified atom stereocenters. The molecule has 0 radical (unpaired) electrons. The number of hydrogen-bond acceptors (Lipinski definition) is 3. The van der Waals surface area contributed by atoms with Crippen molar-refractivity contribution < 1.29 is 9.47 Å². The SMILES string of the molecule is CCOC1CC(NCC2CCOC2C)C1. The first-order valence-corrected chi connectivity index (χ1v) is 6.26. The Kier molecular flexibility index (Phi) is 4.00. The molecule has 1 aliphatic carbocycles. The molecule has 0 aromatic rings. The largest absolute Gasteiger partial charge is 0.378 e. The molecule has 2 aliphatic rings. The first kappa shape index (κ1) is 11.4. The van der Waals surface area contributed by atoms with Crippen molar-refractivity contribution in [1.82, 2.24) is 5.32 Å². The van der Waals surface area contributed by atoms with E-state index >= 15 is 0 Å². The fraction of sp³-hybridized carbons (Fsp3) is 1.00. The zero-order valence-corrected chi connectivity index (χ0v) is 9.87. The van der Waals surface area contributed by atoms with E-state index in [1.807, 2.05) is 0 Å². The summed E-state index contributed by atoms with van der Waals surface area (Å²) in [5, 5.41) is 3.62. The van der Waals surface area contributed by atoms with E-state index in [-0.39, 0.29) is 0 Å². The van der Waals surface area contributed by atoms with Gasteiger partial charge in [0, 0.05) is 25.8 Å². The summed E-state index contributed by atoms with van der Waals surface area (Å²) < 4.78 is 11.1. The molecule has 2 atom stereocenters. The molecule has 1 saturated heterocycles. The summed E-state index contributed by atoms with van der Waals surface area (Å²) >= 11 is 0. The summed E-state index contributed by atoms with van der Waals surface area (Å²) in [4.78, 5) is 0. The second kappa shape index (κ2) is 5.28. The molecule has 3 heteroatoms. The van der Waals surface area contributed by atoms with Crippen molar-refractivity contribution in [2.75, 3.05) is 19.8 Å². The molecule has 0 aromatic carbocycles. The molecule has 3 nitrogen and oxygen atoms in total. The van der Waals surface area contributed by atoms with Crippen molar-refractivity contribution in [1.29, 1.82) is 0 Å². The maximum Gasteiger partial charge on any atom is 0.0604 e. The van der Waals surface area contributed by atoms with Crippen LogP contribution < -0.4 is 5.32 Å². The Morgan fingerprint density at radius 1 is 1.40 bits per heavy atom. The summed E-state index contributed by atoms with van der Waals surface area (Å²) in [6, 6.07) is 0.689. The van der Waals surface area contributed by atoms with E-state index in [2.05, 4.69) is 19.2 Å². The van der Waals surface area contributed by atoms with Gasteiger partial charge in [-0.2, -0.15) is 0 Å². The molecule has 1 heterocycles. The van der Waals surface area contributed by atoms with Crippen LogP contribution in [0.25, 0.3) is 0 Å². The van der Waals surface area contributed by atoms with Crippen molar-refractivity contribution in [2.24, 2.45) is 5.92 Å². The van der Waals surface area contributed by atoms with Gasteiger partial charge in [0.1, 0.15) is 0 Å². The molecule has 0 aromatic heterocycles. The van der Waals surface area contributed by atoms with Crippen molar-refractivity contribution in [3.63, 3.8) is 0 Å². The second-order valence-corrected chi connectivity index (χ2v) is 4.78. The number of hydrogen-bond donors (Lipinski definition) is 1. The van der Waals surface area contributed by atoms with Gasteiger partial charge in [0.15, 0.2) is 0 Å². The topological polar surface area (TPSA) is 30.5 Å². The van der Waals surface area contributed by atoms with E-state index in [0.29, 0.717) is 18.2 Å². The van der Waals surface area contributed by atoms with Crippen molar-refractivity contribution in [3.05, 3.63) is 0 Å². The van der Waals surface area contributed by atoms with E-state index in [9.17, 15) is 0 Å². The number of ether oxygens (including phenoxy) is 2. The van der Waals surface area contributed by atoms with Crippen LogP contribution in [0.15, 0.2) is 0 Å². The van der Waals surface area contributed by atoms with Gasteiger partial charge in [0.25, 0.3) is 0 Å². The van der Waals surface area contributed by atoms with Crippen LogP contribution in [0.4, 0.5) is 0 Å². The monoisotopic (exact) mass is 213 g/mol. The first-order valence-electron chi connectivity index (χ1n) is 6.26. The molecule has 15 heavy (non-hydrogen) atoms. The van der Waals surface area contributed by atoms with Crippen LogP contribution in [0.1, 0.15) is 33.1 Å². The Hall–Kier alpha value is -0.120. The van der Waals surface area contributed by atoms with Crippen LogP contribution in [0.2, 0.25) is 0 Å². The van der Waals surface area contributed by atoms with E-state index < -0.39 is 0 Å². The van der Waals surface area contributed by atoms with Gasteiger partial charge in [-0.25, -0.2) is 0 Å². The summed E-state index contributed by atoms with van der Waals surface area (Å²) in [6.45, 7) is 7.16. The highest BCUT2D eigenvalue weighted by atomic mass is 16.5. The van der Waals surface area contributed by atoms with Gasteiger partial charge in [-0.3, -0.25) is 0 Å². The van der Waals surface area contributed by atoms with Crippen molar-refractivity contribution in [3.8, 4) is 0 Å². The maximum atomic E-state index is 5.54. The van der Waals surface area contributed by atoms with Gasteiger partial charge < -0.3 is 14.8 Å². The van der Waals surface area contributed by atoms with E-state index in [1.165, 1.54) is 19.3 Å². The predicted octanol–water partition coefficient (Wildman–Crippen LogP) is 1.57. The van der Waals surface area contributed by atoms with Crippen molar-refractivity contribution in [2.45, 2.75) is 51.4 Å². The third-order valence-corrected chi connectivity index (χ3v) is 3.70. The Labute approximate surface area is 92.5 Å². The van der Waals surface area contributed by atoms with Crippen LogP contribution in [-0.4, -0.2) is 38.0 Å². The fourth-order valence-electron chi connectivity index (χ4n) is 2.47. The van der Waals surface area contributed by atoms with E-state index in [4.69, 9.17) is 9.47 Å². The normalized spacial score (nSPS) is 40.4. The lowest BCUT2D eigenvalue weighted by Gasteiger charge is -2.36. The van der Waals surface area contributed by atoms with Gasteiger partial charge in [0.05, 0.1) is 12.2 Å². The summed E-state index contributed by atoms with van der Waals surface area (Å²) in [7, 11) is 0. The average Bonchev–Trinajstić information content (AvgIpc) is 2.55. The molecule has 0 amide bonds. The second-order valence-electron chi connectivity index (χ2n) is 4.78. The Balaban J connectivity index is 1.56. The lowest BCUT2D eigenvalue weighted by Crippen LogP contribution is -2.47. The molecular formula is C12H23NO2. The zero-order valence-electron chi connectivity index (χ0n) is 9.87. The van der Waals surface area contributed by atoms with Crippen LogP contribution in [0.3, 0.4) is 0 Å². The minimum atomic E-state index is 0.445. The third kappa shape index (κ3) is 2.92. The van der Waals surface area contributed by atoms with E-state index in [1.54, 1.807) is 0 Å². The minimum absolute atomic E-state index is 0.445. The number of nitrogens with one attached hydrogen (secondary N) is 1. The first-order chi connectivity index (χ1) is 7.29. The van der Waals surface area contributed by atoms with Crippen molar-refractivity contribution >= 4 is 0 Å². The van der Waals surface area contributed by atoms with Crippen LogP contribution in [0, 0.1) is 5.92 Å². The van der Waals surface area contributed by atoms with E-state index in [0.717, 1.165) is 25.7 Å². The van der Waals surface area contributed by atoms with Gasteiger partial charge >= 0.3 is 0 Å². The molecule has 88 valence electrons. The summed E-state index contributed by atoms with van der Waals surface area (Å²) in [5.41, 5.74) is 0. The quantitative estimate of drug-likeness (QED) is 0.752. The van der Waals surface area contributed by atoms with Crippen LogP contribution >= 0.6 is 0 Å². The molecule has 0 bridgehead atoms. The third-order valence-electron chi connectivity index (χ3n) is 3.70. The molecule has 0 spiro atoms. The molecule has 2 rings (SSSR count). The Bertz CT molecular complexity index is 192. The highest BCUT2D eigenvalue weighted by Crippen LogP contribution is 2.25. The Morgan fingerprint density at radius 3 is 2.80 bits per heavy atom. The standard InChI is InChI=1S/C12H23NO2/c1-3-14-12-6-11(7-12)13-8-10-4-5-15-9(10)2/h9-13H,3-8H2,1-2H3. The minimum Gasteiger partial charge on any atom is -0.378 e. The fourth-order valence-corrected chi connectivity index (χ4v) is 2.47. The summed E-state index contributed by atoms with van der Waals surface area (Å²) in [5.74, 6) is 0.719. The lowest BCUT2D eigenvalue weighted by molar-refractivity contribution is -0.0112. The molecule has 1 aliphatic heterocycles. The smallest absolute Gasteiger partial charge is 0.0604 e.